The highest BCUT2D eigenvalue weighted by molar-refractivity contribution is 6.01. The van der Waals surface area contributed by atoms with Crippen molar-refractivity contribution in [2.45, 2.75) is 26.4 Å². The number of carbonyl (C=O) groups is 1. The van der Waals surface area contributed by atoms with Gasteiger partial charge in [0.25, 0.3) is 0 Å². The number of Topliss-reactive ketones (excluding diaryl/α,β-unsaturated/α-hetero) is 1. The summed E-state index contributed by atoms with van der Waals surface area (Å²) < 4.78 is 10.6. The number of ketones is 1. The summed E-state index contributed by atoms with van der Waals surface area (Å²) in [7, 11) is 1.62. The first kappa shape index (κ1) is 12.1. The summed E-state index contributed by atoms with van der Waals surface area (Å²) in [5, 5.41) is 0. The number of ether oxygens (including phenoxy) is 2. The first-order valence-electron chi connectivity index (χ1n) is 5.94. The Kier molecular flexibility index (Phi) is 3.48. The zero-order valence-corrected chi connectivity index (χ0v) is 10.5. The molecule has 2 atom stereocenters. The van der Waals surface area contributed by atoms with Crippen molar-refractivity contribution < 1.29 is 14.3 Å². The molecule has 1 heterocycles. The summed E-state index contributed by atoms with van der Waals surface area (Å²) >= 11 is 0. The first-order valence-corrected chi connectivity index (χ1v) is 5.94. The molecule has 0 aromatic heterocycles. The average Bonchev–Trinajstić information content (AvgIpc) is 2.74. The Morgan fingerprint density at radius 1 is 1.47 bits per heavy atom. The Labute approximate surface area is 102 Å². The van der Waals surface area contributed by atoms with E-state index in [1.807, 2.05) is 25.1 Å². The molecule has 1 aliphatic rings. The maximum absolute atomic E-state index is 12.3. The topological polar surface area (TPSA) is 35.5 Å². The molecule has 0 spiro atoms. The van der Waals surface area contributed by atoms with Crippen molar-refractivity contribution >= 4 is 5.78 Å². The van der Waals surface area contributed by atoms with Crippen molar-refractivity contribution in [1.82, 2.24) is 0 Å². The van der Waals surface area contributed by atoms with Crippen LogP contribution in [0.15, 0.2) is 18.2 Å². The summed E-state index contributed by atoms with van der Waals surface area (Å²) in [5.74, 6) is 1.18. The van der Waals surface area contributed by atoms with E-state index in [-0.39, 0.29) is 11.9 Å². The van der Waals surface area contributed by atoms with E-state index < -0.39 is 0 Å². The van der Waals surface area contributed by atoms with Crippen molar-refractivity contribution in [3.8, 4) is 5.75 Å². The fourth-order valence-electron chi connectivity index (χ4n) is 2.22. The van der Waals surface area contributed by atoms with E-state index in [2.05, 4.69) is 6.92 Å². The van der Waals surface area contributed by atoms with Crippen molar-refractivity contribution in [3.05, 3.63) is 29.3 Å². The first-order chi connectivity index (χ1) is 8.13. The van der Waals surface area contributed by atoms with Gasteiger partial charge < -0.3 is 9.47 Å². The summed E-state index contributed by atoms with van der Waals surface area (Å²) in [5.41, 5.74) is 1.68. The van der Waals surface area contributed by atoms with Crippen LogP contribution < -0.4 is 4.74 Å². The van der Waals surface area contributed by atoms with Crippen LogP contribution in [0.1, 0.15) is 29.3 Å². The minimum absolute atomic E-state index is 0.0927. The largest absolute Gasteiger partial charge is 0.497 e. The van der Waals surface area contributed by atoms with Crippen molar-refractivity contribution in [2.75, 3.05) is 13.7 Å². The molecule has 1 aliphatic heterocycles. The molecule has 0 aliphatic carbocycles. The number of rotatable bonds is 3. The molecule has 2 rings (SSSR count). The quantitative estimate of drug-likeness (QED) is 0.754. The van der Waals surface area contributed by atoms with E-state index in [0.29, 0.717) is 12.5 Å². The van der Waals surface area contributed by atoms with E-state index in [4.69, 9.17) is 9.47 Å². The number of methoxy groups -OCH3 is 1. The molecule has 0 saturated carbocycles. The molecule has 92 valence electrons. The van der Waals surface area contributed by atoms with Gasteiger partial charge in [0.1, 0.15) is 11.9 Å². The van der Waals surface area contributed by atoms with Crippen LogP contribution in [0.3, 0.4) is 0 Å². The van der Waals surface area contributed by atoms with Gasteiger partial charge in [-0.25, -0.2) is 0 Å². The maximum atomic E-state index is 12.3. The van der Waals surface area contributed by atoms with Crippen LogP contribution in [-0.2, 0) is 4.74 Å². The predicted octanol–water partition coefficient (Wildman–Crippen LogP) is 2.61. The third kappa shape index (κ3) is 2.34. The molecule has 0 N–H and O–H groups in total. The smallest absolute Gasteiger partial charge is 0.192 e. The van der Waals surface area contributed by atoms with E-state index in [0.717, 1.165) is 23.3 Å². The SMILES string of the molecule is COc1ccc(C(=O)C2OCCC2C)c(C)c1. The molecule has 3 nitrogen and oxygen atoms in total. The number of aryl methyl sites for hydroxylation is 1. The molecule has 1 saturated heterocycles. The minimum atomic E-state index is -0.276. The highest BCUT2D eigenvalue weighted by Crippen LogP contribution is 2.26. The standard InChI is InChI=1S/C14H18O3/c1-9-6-7-17-14(9)13(15)12-5-4-11(16-3)8-10(12)2/h4-5,8-9,14H,6-7H2,1-3H3. The zero-order chi connectivity index (χ0) is 12.4. The molecule has 0 radical (unpaired) electrons. The van der Waals surface area contributed by atoms with Crippen molar-refractivity contribution in [1.29, 1.82) is 0 Å². The van der Waals surface area contributed by atoms with Crippen molar-refractivity contribution in [2.24, 2.45) is 5.92 Å². The van der Waals surface area contributed by atoms with E-state index in [9.17, 15) is 4.79 Å². The lowest BCUT2D eigenvalue weighted by Gasteiger charge is -2.15. The van der Waals surface area contributed by atoms with Gasteiger partial charge in [0.05, 0.1) is 7.11 Å². The van der Waals surface area contributed by atoms with Gasteiger partial charge in [-0.2, -0.15) is 0 Å². The van der Waals surface area contributed by atoms with Crippen LogP contribution in [0.4, 0.5) is 0 Å². The van der Waals surface area contributed by atoms with Crippen LogP contribution in [0.5, 0.6) is 5.75 Å². The molecule has 2 unspecified atom stereocenters. The third-order valence-corrected chi connectivity index (χ3v) is 3.34. The van der Waals surface area contributed by atoms with E-state index in [1.165, 1.54) is 0 Å². The van der Waals surface area contributed by atoms with Crippen LogP contribution in [0.2, 0.25) is 0 Å². The van der Waals surface area contributed by atoms with Crippen LogP contribution in [-0.4, -0.2) is 25.6 Å². The Balaban J connectivity index is 2.25. The van der Waals surface area contributed by atoms with Crippen LogP contribution in [0.25, 0.3) is 0 Å². The molecule has 1 aromatic carbocycles. The second kappa shape index (κ2) is 4.88. The lowest BCUT2D eigenvalue weighted by atomic mass is 9.94. The molecule has 0 bridgehead atoms. The van der Waals surface area contributed by atoms with Gasteiger partial charge >= 0.3 is 0 Å². The van der Waals surface area contributed by atoms with Crippen LogP contribution >= 0.6 is 0 Å². The lowest BCUT2D eigenvalue weighted by molar-refractivity contribution is 0.0579. The molecular formula is C14H18O3. The van der Waals surface area contributed by atoms with Gasteiger partial charge in [0.15, 0.2) is 5.78 Å². The molecule has 0 amide bonds. The molecular weight excluding hydrogens is 216 g/mol. The molecule has 3 heteroatoms. The molecule has 17 heavy (non-hydrogen) atoms. The number of hydrogen-bond acceptors (Lipinski definition) is 3. The summed E-state index contributed by atoms with van der Waals surface area (Å²) in [4.78, 5) is 12.3. The number of hydrogen-bond donors (Lipinski definition) is 0. The van der Waals surface area contributed by atoms with Gasteiger partial charge in [0, 0.05) is 12.2 Å². The number of carbonyl (C=O) groups excluding carboxylic acids is 1. The Hall–Kier alpha value is -1.35. The van der Waals surface area contributed by atoms with Gasteiger partial charge in [-0.3, -0.25) is 4.79 Å². The number of benzene rings is 1. The third-order valence-electron chi connectivity index (χ3n) is 3.34. The van der Waals surface area contributed by atoms with E-state index >= 15 is 0 Å². The summed E-state index contributed by atoms with van der Waals surface area (Å²) in [6.07, 6.45) is 0.688. The Morgan fingerprint density at radius 3 is 2.76 bits per heavy atom. The summed E-state index contributed by atoms with van der Waals surface area (Å²) in [6.45, 7) is 4.68. The zero-order valence-electron chi connectivity index (χ0n) is 10.5. The second-order valence-electron chi connectivity index (χ2n) is 4.60. The lowest BCUT2D eigenvalue weighted by Crippen LogP contribution is -2.25. The van der Waals surface area contributed by atoms with Crippen LogP contribution in [0, 0.1) is 12.8 Å². The van der Waals surface area contributed by atoms with Gasteiger partial charge in [0.2, 0.25) is 0 Å². The summed E-state index contributed by atoms with van der Waals surface area (Å²) in [6, 6.07) is 5.53. The average molecular weight is 234 g/mol. The highest BCUT2D eigenvalue weighted by Gasteiger charge is 2.32. The van der Waals surface area contributed by atoms with E-state index in [1.54, 1.807) is 7.11 Å². The van der Waals surface area contributed by atoms with Gasteiger partial charge in [-0.1, -0.05) is 6.92 Å². The monoisotopic (exact) mass is 234 g/mol. The minimum Gasteiger partial charge on any atom is -0.497 e. The highest BCUT2D eigenvalue weighted by atomic mass is 16.5. The predicted molar refractivity (Wildman–Crippen MR) is 65.6 cm³/mol. The molecule has 1 aromatic rings. The van der Waals surface area contributed by atoms with Crippen molar-refractivity contribution in [3.63, 3.8) is 0 Å². The molecule has 1 fully saturated rings. The van der Waals surface area contributed by atoms with Gasteiger partial charge in [-0.15, -0.1) is 0 Å². The van der Waals surface area contributed by atoms with Gasteiger partial charge in [-0.05, 0) is 43.0 Å². The second-order valence-corrected chi connectivity index (χ2v) is 4.60. The Morgan fingerprint density at radius 2 is 2.24 bits per heavy atom. The fraction of sp³-hybridized carbons (Fsp3) is 0.500. The fourth-order valence-corrected chi connectivity index (χ4v) is 2.22. The Bertz CT molecular complexity index is 425. The maximum Gasteiger partial charge on any atom is 0.192 e. The normalized spacial score (nSPS) is 23.7.